The Morgan fingerprint density at radius 3 is 2.32 bits per heavy atom. The predicted molar refractivity (Wildman–Crippen MR) is 117 cm³/mol. The van der Waals surface area contributed by atoms with Gasteiger partial charge in [-0.25, -0.2) is 0 Å². The van der Waals surface area contributed by atoms with Crippen LogP contribution in [-0.4, -0.2) is 57.7 Å². The molecular weight excluding hydrogens is 414 g/mol. The fraction of sp³-hybridized carbons (Fsp3) is 0.458. The summed E-state index contributed by atoms with van der Waals surface area (Å²) in [5, 5.41) is 50.1. The average molecular weight is 442 g/mol. The van der Waals surface area contributed by atoms with Gasteiger partial charge in [0.05, 0.1) is 12.2 Å². The summed E-state index contributed by atoms with van der Waals surface area (Å²) in [4.78, 5) is 0.751. The molecule has 4 N–H and O–H groups in total. The maximum Gasteiger partial charge on any atom is 0.113 e. The maximum absolute atomic E-state index is 10.5. The van der Waals surface area contributed by atoms with Crippen LogP contribution in [0.4, 0.5) is 0 Å². The number of thioether (sulfide) groups is 1. The standard InChI is InChI=1S/C24H27NO5S/c1-31-20-10-17(24-23(29)22(28)21(27)19(12-26)30-24)9-16(18(20)11-25)8-13-2-4-14(5-3-13)15-6-7-15/h2-5,9-10,15,19,21-24,26-29H,6-8,12H2,1H3/t19-,21-,22+,23-,24+/m1/s1. The first-order valence-electron chi connectivity index (χ1n) is 10.5. The van der Waals surface area contributed by atoms with Crippen molar-refractivity contribution < 1.29 is 25.2 Å². The second-order valence-corrected chi connectivity index (χ2v) is 9.16. The second kappa shape index (κ2) is 9.29. The van der Waals surface area contributed by atoms with Crippen molar-refractivity contribution in [2.75, 3.05) is 12.9 Å². The van der Waals surface area contributed by atoms with Crippen molar-refractivity contribution in [2.45, 2.75) is 60.6 Å². The van der Waals surface area contributed by atoms with Crippen molar-refractivity contribution in [1.29, 1.82) is 5.26 Å². The number of nitriles is 1. The molecule has 1 aliphatic heterocycles. The summed E-state index contributed by atoms with van der Waals surface area (Å²) in [6.07, 6.45) is -1.19. The van der Waals surface area contributed by atoms with Gasteiger partial charge < -0.3 is 25.2 Å². The molecule has 5 atom stereocenters. The quantitative estimate of drug-likeness (QED) is 0.509. The summed E-state index contributed by atoms with van der Waals surface area (Å²) in [5.41, 5.74) is 4.42. The van der Waals surface area contributed by atoms with E-state index in [1.807, 2.05) is 12.3 Å². The lowest BCUT2D eigenvalue weighted by molar-refractivity contribution is -0.231. The Balaban J connectivity index is 1.68. The topological polar surface area (TPSA) is 114 Å². The van der Waals surface area contributed by atoms with Crippen LogP contribution in [0.3, 0.4) is 0 Å². The minimum atomic E-state index is -1.44. The summed E-state index contributed by atoms with van der Waals surface area (Å²) >= 11 is 1.43. The molecule has 0 radical (unpaired) electrons. The molecule has 2 aromatic carbocycles. The van der Waals surface area contributed by atoms with Gasteiger partial charge in [-0.05, 0) is 59.8 Å². The van der Waals surface area contributed by atoms with Crippen LogP contribution in [0.5, 0.6) is 0 Å². The van der Waals surface area contributed by atoms with Crippen molar-refractivity contribution in [2.24, 2.45) is 0 Å². The van der Waals surface area contributed by atoms with Crippen molar-refractivity contribution >= 4 is 11.8 Å². The first kappa shape index (κ1) is 22.3. The third-order valence-corrected chi connectivity index (χ3v) is 6.94. The van der Waals surface area contributed by atoms with Crippen LogP contribution in [0.15, 0.2) is 41.3 Å². The second-order valence-electron chi connectivity index (χ2n) is 8.31. The summed E-state index contributed by atoms with van der Waals surface area (Å²) in [6, 6.07) is 14.4. The van der Waals surface area contributed by atoms with Crippen LogP contribution in [0.1, 0.15) is 52.7 Å². The Morgan fingerprint density at radius 1 is 1.03 bits per heavy atom. The zero-order chi connectivity index (χ0) is 22.1. The van der Waals surface area contributed by atoms with Crippen molar-refractivity contribution in [3.05, 3.63) is 64.2 Å². The normalized spacial score (nSPS) is 28.3. The summed E-state index contributed by atoms with van der Waals surface area (Å²) in [7, 11) is 0. The monoisotopic (exact) mass is 441 g/mol. The van der Waals surface area contributed by atoms with E-state index in [0.29, 0.717) is 23.5 Å². The van der Waals surface area contributed by atoms with Gasteiger partial charge in [0.25, 0.3) is 0 Å². The largest absolute Gasteiger partial charge is 0.394 e. The van der Waals surface area contributed by atoms with E-state index in [2.05, 4.69) is 30.3 Å². The van der Waals surface area contributed by atoms with Gasteiger partial charge in [-0.1, -0.05) is 30.3 Å². The van der Waals surface area contributed by atoms with Gasteiger partial charge in [0.15, 0.2) is 0 Å². The predicted octanol–water partition coefficient (Wildman–Crippen LogP) is 2.26. The number of aliphatic hydroxyl groups is 4. The van der Waals surface area contributed by atoms with Gasteiger partial charge in [0.2, 0.25) is 0 Å². The fourth-order valence-corrected chi connectivity index (χ4v) is 4.84. The Kier molecular flexibility index (Phi) is 6.68. The Hall–Kier alpha value is -1.92. The average Bonchev–Trinajstić information content (AvgIpc) is 3.63. The lowest BCUT2D eigenvalue weighted by Crippen LogP contribution is -2.55. The molecule has 0 aromatic heterocycles. The molecule has 2 aromatic rings. The zero-order valence-corrected chi connectivity index (χ0v) is 18.1. The highest BCUT2D eigenvalue weighted by Crippen LogP contribution is 2.40. The highest BCUT2D eigenvalue weighted by atomic mass is 32.2. The number of benzene rings is 2. The molecule has 2 fully saturated rings. The summed E-state index contributed by atoms with van der Waals surface area (Å²) < 4.78 is 5.74. The molecule has 7 heteroatoms. The maximum atomic E-state index is 10.5. The third kappa shape index (κ3) is 4.51. The van der Waals surface area contributed by atoms with Gasteiger partial charge in [-0.3, -0.25) is 0 Å². The van der Waals surface area contributed by atoms with Crippen LogP contribution in [0.2, 0.25) is 0 Å². The molecule has 1 heterocycles. The summed E-state index contributed by atoms with van der Waals surface area (Å²) in [5.74, 6) is 0.682. The minimum Gasteiger partial charge on any atom is -0.394 e. The molecule has 0 bridgehead atoms. The van der Waals surface area contributed by atoms with Gasteiger partial charge >= 0.3 is 0 Å². The van der Waals surface area contributed by atoms with Gasteiger partial charge in [0, 0.05) is 4.90 Å². The molecule has 0 spiro atoms. The van der Waals surface area contributed by atoms with Crippen LogP contribution >= 0.6 is 11.8 Å². The lowest BCUT2D eigenvalue weighted by Gasteiger charge is -2.40. The van der Waals surface area contributed by atoms with E-state index in [9.17, 15) is 25.7 Å². The van der Waals surface area contributed by atoms with E-state index in [0.717, 1.165) is 16.0 Å². The Morgan fingerprint density at radius 2 is 1.74 bits per heavy atom. The van der Waals surface area contributed by atoms with Crippen molar-refractivity contribution in [3.8, 4) is 6.07 Å². The number of aliphatic hydroxyl groups excluding tert-OH is 4. The van der Waals surface area contributed by atoms with Gasteiger partial charge in [0.1, 0.15) is 36.6 Å². The molecule has 0 amide bonds. The van der Waals surface area contributed by atoms with Crippen molar-refractivity contribution in [3.63, 3.8) is 0 Å². The van der Waals surface area contributed by atoms with Crippen LogP contribution < -0.4 is 0 Å². The van der Waals surface area contributed by atoms with Crippen molar-refractivity contribution in [1.82, 2.24) is 0 Å². The molecule has 2 aliphatic rings. The molecule has 1 saturated heterocycles. The third-order valence-electron chi connectivity index (χ3n) is 6.18. The number of hydrogen-bond donors (Lipinski definition) is 4. The fourth-order valence-electron chi connectivity index (χ4n) is 4.21. The van der Waals surface area contributed by atoms with Crippen LogP contribution in [-0.2, 0) is 11.2 Å². The smallest absolute Gasteiger partial charge is 0.113 e. The number of rotatable bonds is 6. The molecular formula is C24H27NO5S. The lowest BCUT2D eigenvalue weighted by atomic mass is 9.89. The van der Waals surface area contributed by atoms with E-state index in [1.165, 1.54) is 30.2 Å². The number of ether oxygens (including phenoxy) is 1. The molecule has 31 heavy (non-hydrogen) atoms. The van der Waals surface area contributed by atoms with Crippen LogP contribution in [0, 0.1) is 11.3 Å². The van der Waals surface area contributed by atoms with Gasteiger partial charge in [-0.15, -0.1) is 11.8 Å². The molecule has 164 valence electrons. The first-order chi connectivity index (χ1) is 15.0. The van der Waals surface area contributed by atoms with Gasteiger partial charge in [-0.2, -0.15) is 5.26 Å². The highest BCUT2D eigenvalue weighted by molar-refractivity contribution is 7.98. The minimum absolute atomic E-state index is 0.479. The number of nitrogens with zero attached hydrogens (tertiary/aromatic N) is 1. The highest BCUT2D eigenvalue weighted by Gasteiger charge is 2.44. The molecule has 6 nitrogen and oxygen atoms in total. The van der Waals surface area contributed by atoms with Crippen LogP contribution in [0.25, 0.3) is 0 Å². The van der Waals surface area contributed by atoms with E-state index >= 15 is 0 Å². The van der Waals surface area contributed by atoms with E-state index < -0.39 is 37.1 Å². The SMILES string of the molecule is CSc1cc([C@@H]2O[C@H](CO)[C@@H](O)[C@H](O)[C@H]2O)cc(Cc2ccc(C3CC3)cc2)c1C#N. The van der Waals surface area contributed by atoms with E-state index in [4.69, 9.17) is 4.74 Å². The molecule has 1 saturated carbocycles. The zero-order valence-electron chi connectivity index (χ0n) is 17.3. The van der Waals surface area contributed by atoms with E-state index in [-0.39, 0.29) is 0 Å². The number of hydrogen-bond acceptors (Lipinski definition) is 7. The molecule has 0 unspecified atom stereocenters. The molecule has 4 rings (SSSR count). The first-order valence-corrected chi connectivity index (χ1v) is 11.7. The Labute approximate surface area is 186 Å². The Bertz CT molecular complexity index is 967. The summed E-state index contributed by atoms with van der Waals surface area (Å²) in [6.45, 7) is -0.479. The molecule has 1 aliphatic carbocycles. The van der Waals surface area contributed by atoms with E-state index in [1.54, 1.807) is 6.07 Å².